The average Bonchev–Trinajstić information content (AvgIpc) is 2.28. The molecule has 0 heteroatoms. The Morgan fingerprint density at radius 3 is 2.67 bits per heavy atom. The maximum Gasteiger partial charge on any atom is -0.0266 e. The van der Waals surface area contributed by atoms with E-state index in [4.69, 9.17) is 0 Å². The highest BCUT2D eigenvalue weighted by molar-refractivity contribution is 5.06. The molecule has 0 amide bonds. The van der Waals surface area contributed by atoms with Gasteiger partial charge in [-0.15, -0.1) is 0 Å². The van der Waals surface area contributed by atoms with Crippen molar-refractivity contribution >= 4 is 0 Å². The van der Waals surface area contributed by atoms with Gasteiger partial charge in [0.2, 0.25) is 0 Å². The molecule has 0 bridgehead atoms. The Morgan fingerprint density at radius 1 is 1.08 bits per heavy atom. The maximum absolute atomic E-state index is 2.58. The van der Waals surface area contributed by atoms with Crippen LogP contribution in [0.5, 0.6) is 0 Å². The zero-order chi connectivity index (χ0) is 8.18. The van der Waals surface area contributed by atoms with Gasteiger partial charge < -0.3 is 0 Å². The van der Waals surface area contributed by atoms with Crippen LogP contribution in [-0.4, -0.2) is 0 Å². The second-order valence-electron chi connectivity index (χ2n) is 5.63. The van der Waals surface area contributed by atoms with Crippen molar-refractivity contribution in [1.82, 2.24) is 0 Å². The van der Waals surface area contributed by atoms with E-state index >= 15 is 0 Å². The molecule has 0 saturated heterocycles. The van der Waals surface area contributed by atoms with E-state index in [1.807, 2.05) is 0 Å². The summed E-state index contributed by atoms with van der Waals surface area (Å²) in [6, 6.07) is 0. The minimum atomic E-state index is 0.824. The first-order valence-electron chi connectivity index (χ1n) is 5.81. The van der Waals surface area contributed by atoms with Crippen molar-refractivity contribution in [2.24, 2.45) is 23.2 Å². The van der Waals surface area contributed by atoms with Gasteiger partial charge in [-0.3, -0.25) is 0 Å². The lowest BCUT2D eigenvalue weighted by Gasteiger charge is -2.47. The van der Waals surface area contributed by atoms with Gasteiger partial charge in [-0.25, -0.2) is 0 Å². The van der Waals surface area contributed by atoms with Crippen LogP contribution in [0.3, 0.4) is 0 Å². The van der Waals surface area contributed by atoms with E-state index in [-0.39, 0.29) is 0 Å². The van der Waals surface area contributed by atoms with Crippen LogP contribution < -0.4 is 0 Å². The summed E-state index contributed by atoms with van der Waals surface area (Å²) in [4.78, 5) is 0. The normalized spacial score (nSPS) is 57.2. The van der Waals surface area contributed by atoms with Gasteiger partial charge in [0.1, 0.15) is 0 Å². The minimum absolute atomic E-state index is 0.824. The average molecular weight is 164 g/mol. The first-order valence-corrected chi connectivity index (χ1v) is 5.81. The molecule has 3 aliphatic rings. The molecule has 0 aromatic rings. The van der Waals surface area contributed by atoms with Gasteiger partial charge in [-0.2, -0.15) is 0 Å². The highest BCUT2D eigenvalue weighted by Gasteiger charge is 2.56. The predicted octanol–water partition coefficient (Wildman–Crippen LogP) is 3.61. The molecule has 68 valence electrons. The van der Waals surface area contributed by atoms with Crippen LogP contribution in [0, 0.1) is 23.2 Å². The first-order chi connectivity index (χ1) is 5.81. The fourth-order valence-electron chi connectivity index (χ4n) is 4.40. The van der Waals surface area contributed by atoms with Crippen molar-refractivity contribution in [3.63, 3.8) is 0 Å². The number of hydrogen-bond acceptors (Lipinski definition) is 0. The predicted molar refractivity (Wildman–Crippen MR) is 50.9 cm³/mol. The molecule has 0 aromatic heterocycles. The standard InChI is InChI=1S/C12H20/c1-12-7-6-10(12)8-9-4-2-3-5-11(9)12/h9-11H,2-8H2,1H3/t9-,10+,11+,12+/m1/s1. The molecular formula is C12H20. The third-order valence-corrected chi connectivity index (χ3v) is 5.31. The fourth-order valence-corrected chi connectivity index (χ4v) is 4.40. The smallest absolute Gasteiger partial charge is 0.0266 e. The zero-order valence-corrected chi connectivity index (χ0v) is 8.18. The van der Waals surface area contributed by atoms with Gasteiger partial charge in [0.05, 0.1) is 0 Å². The fraction of sp³-hybridized carbons (Fsp3) is 1.00. The van der Waals surface area contributed by atoms with E-state index in [1.54, 1.807) is 32.1 Å². The quantitative estimate of drug-likeness (QED) is 0.513. The molecule has 0 aliphatic heterocycles. The van der Waals surface area contributed by atoms with Crippen LogP contribution in [0.4, 0.5) is 0 Å². The summed E-state index contributed by atoms with van der Waals surface area (Å²) in [6.45, 7) is 2.58. The van der Waals surface area contributed by atoms with E-state index in [2.05, 4.69) is 6.92 Å². The van der Waals surface area contributed by atoms with Crippen LogP contribution in [0.1, 0.15) is 51.9 Å². The Bertz CT molecular complexity index is 196. The van der Waals surface area contributed by atoms with E-state index in [1.165, 1.54) is 12.8 Å². The van der Waals surface area contributed by atoms with Gasteiger partial charge in [0.15, 0.2) is 0 Å². The second-order valence-corrected chi connectivity index (χ2v) is 5.63. The van der Waals surface area contributed by atoms with Gasteiger partial charge in [0, 0.05) is 0 Å². The van der Waals surface area contributed by atoms with Crippen molar-refractivity contribution < 1.29 is 0 Å². The summed E-state index contributed by atoms with van der Waals surface area (Å²) in [5.74, 6) is 3.44. The summed E-state index contributed by atoms with van der Waals surface area (Å²) < 4.78 is 0. The van der Waals surface area contributed by atoms with Crippen molar-refractivity contribution in [3.8, 4) is 0 Å². The summed E-state index contributed by atoms with van der Waals surface area (Å²) in [5, 5.41) is 0. The van der Waals surface area contributed by atoms with Gasteiger partial charge >= 0.3 is 0 Å². The molecule has 3 saturated carbocycles. The van der Waals surface area contributed by atoms with Crippen LogP contribution in [-0.2, 0) is 0 Å². The number of hydrogen-bond donors (Lipinski definition) is 0. The number of fused-ring (bicyclic) bond motifs is 3. The van der Waals surface area contributed by atoms with Crippen molar-refractivity contribution in [2.45, 2.75) is 51.9 Å². The Kier molecular flexibility index (Phi) is 1.40. The van der Waals surface area contributed by atoms with Crippen LogP contribution in [0.2, 0.25) is 0 Å². The van der Waals surface area contributed by atoms with Crippen molar-refractivity contribution in [1.29, 1.82) is 0 Å². The SMILES string of the molecule is C[C@]12CC[C@H]1C[C@H]1CCCC[C@@H]12. The summed E-state index contributed by atoms with van der Waals surface area (Å²) in [6.07, 6.45) is 10.9. The molecule has 3 aliphatic carbocycles. The van der Waals surface area contributed by atoms with Crippen LogP contribution in [0.15, 0.2) is 0 Å². The van der Waals surface area contributed by atoms with Gasteiger partial charge in [-0.1, -0.05) is 26.2 Å². The van der Waals surface area contributed by atoms with E-state index < -0.39 is 0 Å². The molecule has 0 spiro atoms. The lowest BCUT2D eigenvalue weighted by Crippen LogP contribution is -2.38. The molecule has 4 atom stereocenters. The topological polar surface area (TPSA) is 0 Å². The Labute approximate surface area is 75.7 Å². The number of rotatable bonds is 0. The molecule has 0 heterocycles. The highest BCUT2D eigenvalue weighted by Crippen LogP contribution is 2.65. The highest BCUT2D eigenvalue weighted by atomic mass is 14.6. The molecule has 0 radical (unpaired) electrons. The lowest BCUT2D eigenvalue weighted by atomic mass is 9.58. The Balaban J connectivity index is 1.87. The largest absolute Gasteiger partial charge is 0.0591 e. The molecule has 12 heavy (non-hydrogen) atoms. The molecule has 0 unspecified atom stereocenters. The molecular weight excluding hydrogens is 144 g/mol. The van der Waals surface area contributed by atoms with E-state index in [9.17, 15) is 0 Å². The Morgan fingerprint density at radius 2 is 1.92 bits per heavy atom. The summed E-state index contributed by atoms with van der Waals surface area (Å²) >= 11 is 0. The second kappa shape index (κ2) is 2.27. The molecule has 3 fully saturated rings. The third-order valence-electron chi connectivity index (χ3n) is 5.31. The van der Waals surface area contributed by atoms with E-state index in [0.717, 1.165) is 23.2 Å². The molecule has 3 rings (SSSR count). The molecule has 0 N–H and O–H groups in total. The zero-order valence-electron chi connectivity index (χ0n) is 8.18. The van der Waals surface area contributed by atoms with E-state index in [0.29, 0.717) is 0 Å². The molecule has 0 aromatic carbocycles. The molecule has 0 nitrogen and oxygen atoms in total. The third kappa shape index (κ3) is 0.744. The maximum atomic E-state index is 2.58. The summed E-state index contributed by atoms with van der Waals surface area (Å²) in [5.41, 5.74) is 0.824. The lowest BCUT2D eigenvalue weighted by molar-refractivity contribution is 0.0237. The Hall–Kier alpha value is 0. The summed E-state index contributed by atoms with van der Waals surface area (Å²) in [7, 11) is 0. The monoisotopic (exact) mass is 164 g/mol. The van der Waals surface area contributed by atoms with Gasteiger partial charge in [0.25, 0.3) is 0 Å². The first kappa shape index (κ1) is 7.41. The van der Waals surface area contributed by atoms with Crippen molar-refractivity contribution in [3.05, 3.63) is 0 Å². The van der Waals surface area contributed by atoms with Crippen LogP contribution >= 0.6 is 0 Å². The van der Waals surface area contributed by atoms with Crippen LogP contribution in [0.25, 0.3) is 0 Å². The van der Waals surface area contributed by atoms with Crippen molar-refractivity contribution in [2.75, 3.05) is 0 Å². The van der Waals surface area contributed by atoms with Gasteiger partial charge in [-0.05, 0) is 48.9 Å². The minimum Gasteiger partial charge on any atom is -0.0591 e.